The van der Waals surface area contributed by atoms with Gasteiger partial charge in [0, 0.05) is 6.20 Å². The lowest BCUT2D eigenvalue weighted by molar-refractivity contribution is -0.130. The summed E-state index contributed by atoms with van der Waals surface area (Å²) in [6.45, 7) is 1.21. The molecule has 3 amide bonds. The Labute approximate surface area is 137 Å². The predicted molar refractivity (Wildman–Crippen MR) is 83.9 cm³/mol. The van der Waals surface area contributed by atoms with Crippen LogP contribution in [-0.4, -0.2) is 34.2 Å². The minimum atomic E-state index is -1.31. The summed E-state index contributed by atoms with van der Waals surface area (Å²) in [5.74, 6) is -0.888. The Kier molecular flexibility index (Phi) is 3.66. The van der Waals surface area contributed by atoms with Gasteiger partial charge in [0.05, 0.1) is 23.9 Å². The van der Waals surface area contributed by atoms with Crippen molar-refractivity contribution in [2.75, 3.05) is 6.54 Å². The Bertz CT molecular complexity index is 866. The lowest BCUT2D eigenvalue weighted by Crippen LogP contribution is -2.41. The molecule has 1 fully saturated rings. The van der Waals surface area contributed by atoms with Crippen LogP contribution in [0.1, 0.15) is 28.5 Å². The molecule has 0 radical (unpaired) electrons. The van der Waals surface area contributed by atoms with Gasteiger partial charge in [-0.05, 0) is 36.8 Å². The van der Waals surface area contributed by atoms with Crippen LogP contribution in [0.5, 0.6) is 0 Å². The predicted octanol–water partition coefficient (Wildman–Crippen LogP) is 1.54. The second-order valence-electron chi connectivity index (χ2n) is 5.65. The number of nitrogens with zero attached hydrogens (tertiary/aromatic N) is 2. The van der Waals surface area contributed by atoms with Crippen LogP contribution in [0.3, 0.4) is 0 Å². The molecule has 2 heterocycles. The lowest BCUT2D eigenvalue weighted by atomic mass is 9.91. The zero-order valence-electron chi connectivity index (χ0n) is 12.9. The molecule has 2 aromatic rings. The summed E-state index contributed by atoms with van der Waals surface area (Å²) < 4.78 is 0. The maximum absolute atomic E-state index is 12.7. The number of hydrogen-bond donors (Lipinski definition) is 2. The molecule has 24 heavy (non-hydrogen) atoms. The van der Waals surface area contributed by atoms with Gasteiger partial charge in [0.2, 0.25) is 0 Å². The Morgan fingerprint density at radius 2 is 2.08 bits per heavy atom. The highest BCUT2D eigenvalue weighted by atomic mass is 16.2. The zero-order valence-corrected chi connectivity index (χ0v) is 12.9. The summed E-state index contributed by atoms with van der Waals surface area (Å²) in [6.07, 6.45) is 1.59. The highest BCUT2D eigenvalue weighted by molar-refractivity contribution is 6.11. The number of carbonyl (C=O) groups excluding carboxylic acids is 3. The van der Waals surface area contributed by atoms with E-state index >= 15 is 0 Å². The van der Waals surface area contributed by atoms with E-state index in [1.165, 1.54) is 0 Å². The molecule has 1 aliphatic rings. The van der Waals surface area contributed by atoms with Crippen molar-refractivity contribution in [3.8, 4) is 6.07 Å². The number of benzene rings is 1. The van der Waals surface area contributed by atoms with E-state index in [9.17, 15) is 14.4 Å². The van der Waals surface area contributed by atoms with E-state index in [4.69, 9.17) is 5.26 Å². The third-order valence-corrected chi connectivity index (χ3v) is 4.04. The number of Topliss-reactive ketones (excluding diaryl/α,β-unsaturated/α-hetero) is 1. The molecule has 0 saturated carbocycles. The Morgan fingerprint density at radius 3 is 2.75 bits per heavy atom. The van der Waals surface area contributed by atoms with Crippen molar-refractivity contribution in [3.05, 3.63) is 59.4 Å². The van der Waals surface area contributed by atoms with Crippen molar-refractivity contribution in [2.24, 2.45) is 0 Å². The molecule has 1 unspecified atom stereocenters. The van der Waals surface area contributed by atoms with E-state index in [0.717, 1.165) is 4.90 Å². The minimum Gasteiger partial charge on any atom is -0.359 e. The first-order chi connectivity index (χ1) is 11.5. The van der Waals surface area contributed by atoms with Gasteiger partial charge in [-0.3, -0.25) is 14.5 Å². The number of imide groups is 1. The first-order valence-corrected chi connectivity index (χ1v) is 7.27. The second kappa shape index (κ2) is 5.66. The molecule has 1 aromatic heterocycles. The van der Waals surface area contributed by atoms with Gasteiger partial charge in [-0.2, -0.15) is 5.26 Å². The summed E-state index contributed by atoms with van der Waals surface area (Å²) in [7, 11) is 0. The number of nitrogens with one attached hydrogen (secondary N) is 2. The van der Waals surface area contributed by atoms with Crippen LogP contribution in [0.4, 0.5) is 4.79 Å². The largest absolute Gasteiger partial charge is 0.359 e. The molecule has 1 aliphatic heterocycles. The molecule has 120 valence electrons. The van der Waals surface area contributed by atoms with Gasteiger partial charge in [-0.1, -0.05) is 12.1 Å². The van der Waals surface area contributed by atoms with E-state index < -0.39 is 17.5 Å². The average Bonchev–Trinajstić information content (AvgIpc) is 3.19. The normalized spacial score (nSPS) is 19.9. The Hall–Kier alpha value is -3.40. The molecule has 1 aromatic carbocycles. The van der Waals surface area contributed by atoms with Crippen LogP contribution < -0.4 is 5.32 Å². The minimum absolute atomic E-state index is 0.329. The maximum Gasteiger partial charge on any atom is 0.325 e. The molecular weight excluding hydrogens is 308 g/mol. The number of carbonyl (C=O) groups is 3. The number of aromatic amines is 1. The zero-order chi connectivity index (χ0) is 17.3. The van der Waals surface area contributed by atoms with E-state index in [1.807, 2.05) is 6.07 Å². The van der Waals surface area contributed by atoms with Crippen LogP contribution >= 0.6 is 0 Å². The van der Waals surface area contributed by atoms with Crippen molar-refractivity contribution in [2.45, 2.75) is 12.5 Å². The third-order valence-electron chi connectivity index (χ3n) is 4.04. The smallest absolute Gasteiger partial charge is 0.325 e. The van der Waals surface area contributed by atoms with Crippen molar-refractivity contribution in [1.82, 2.24) is 15.2 Å². The monoisotopic (exact) mass is 322 g/mol. The number of nitriles is 1. The molecule has 1 atom stereocenters. The van der Waals surface area contributed by atoms with Gasteiger partial charge in [0.25, 0.3) is 5.91 Å². The molecule has 2 N–H and O–H groups in total. The van der Waals surface area contributed by atoms with E-state index in [1.54, 1.807) is 49.5 Å². The van der Waals surface area contributed by atoms with Crippen LogP contribution in [0.15, 0.2) is 42.6 Å². The SMILES string of the molecule is CC1(c2cccc(C#N)c2)NC(=O)N(CC(=O)c2ccc[nH]2)C1=O. The molecule has 7 nitrogen and oxygen atoms in total. The highest BCUT2D eigenvalue weighted by Crippen LogP contribution is 2.29. The summed E-state index contributed by atoms with van der Waals surface area (Å²) in [4.78, 5) is 40.7. The summed E-state index contributed by atoms with van der Waals surface area (Å²) >= 11 is 0. The molecular formula is C17H14N4O3. The number of amides is 3. The quantitative estimate of drug-likeness (QED) is 0.657. The van der Waals surface area contributed by atoms with Crippen LogP contribution in [0.2, 0.25) is 0 Å². The average molecular weight is 322 g/mol. The number of aromatic nitrogens is 1. The van der Waals surface area contributed by atoms with Gasteiger partial charge in [0.1, 0.15) is 5.54 Å². The number of urea groups is 1. The van der Waals surface area contributed by atoms with Crippen LogP contribution in [0.25, 0.3) is 0 Å². The highest BCUT2D eigenvalue weighted by Gasteiger charge is 2.49. The topological polar surface area (TPSA) is 106 Å². The number of ketones is 1. The molecule has 0 aliphatic carbocycles. The first-order valence-electron chi connectivity index (χ1n) is 7.27. The fourth-order valence-electron chi connectivity index (χ4n) is 2.67. The van der Waals surface area contributed by atoms with Crippen molar-refractivity contribution in [1.29, 1.82) is 5.26 Å². The third kappa shape index (κ3) is 2.44. The number of rotatable bonds is 4. The van der Waals surface area contributed by atoms with Gasteiger partial charge < -0.3 is 10.3 Å². The summed E-state index contributed by atoms with van der Waals surface area (Å²) in [6, 6.07) is 11.1. The standard InChI is InChI=1S/C17H14N4O3/c1-17(12-5-2-4-11(8-12)9-18)15(23)21(16(24)20-17)10-14(22)13-6-3-7-19-13/h2-8,19H,10H2,1H3,(H,20,24). The fourth-order valence-corrected chi connectivity index (χ4v) is 2.67. The van der Waals surface area contributed by atoms with E-state index in [-0.39, 0.29) is 12.3 Å². The van der Waals surface area contributed by atoms with Crippen molar-refractivity contribution < 1.29 is 14.4 Å². The fraction of sp³-hybridized carbons (Fsp3) is 0.176. The lowest BCUT2D eigenvalue weighted by Gasteiger charge is -2.22. The maximum atomic E-state index is 12.7. The van der Waals surface area contributed by atoms with Gasteiger partial charge in [-0.25, -0.2) is 4.79 Å². The van der Waals surface area contributed by atoms with Crippen LogP contribution in [0, 0.1) is 11.3 Å². The van der Waals surface area contributed by atoms with Crippen molar-refractivity contribution >= 4 is 17.7 Å². The Morgan fingerprint density at radius 1 is 1.29 bits per heavy atom. The molecule has 3 rings (SSSR count). The van der Waals surface area contributed by atoms with Crippen LogP contribution in [-0.2, 0) is 10.3 Å². The van der Waals surface area contributed by atoms with Gasteiger partial charge in [0.15, 0.2) is 5.78 Å². The molecule has 0 bridgehead atoms. The summed E-state index contributed by atoms with van der Waals surface area (Å²) in [5, 5.41) is 11.6. The van der Waals surface area contributed by atoms with E-state index in [2.05, 4.69) is 10.3 Å². The Balaban J connectivity index is 1.88. The van der Waals surface area contributed by atoms with E-state index in [0.29, 0.717) is 16.8 Å². The molecule has 7 heteroatoms. The first kappa shape index (κ1) is 15.5. The van der Waals surface area contributed by atoms with Gasteiger partial charge >= 0.3 is 6.03 Å². The molecule has 0 spiro atoms. The molecule has 1 saturated heterocycles. The summed E-state index contributed by atoms with van der Waals surface area (Å²) in [5.41, 5.74) is -0.0953. The van der Waals surface area contributed by atoms with Gasteiger partial charge in [-0.15, -0.1) is 0 Å². The number of hydrogen-bond acceptors (Lipinski definition) is 4. The second-order valence-corrected chi connectivity index (χ2v) is 5.65. The van der Waals surface area contributed by atoms with Crippen molar-refractivity contribution in [3.63, 3.8) is 0 Å². The number of H-pyrrole nitrogens is 1.